The van der Waals surface area contributed by atoms with Gasteiger partial charge in [0, 0.05) is 5.56 Å². The molecule has 0 bridgehead atoms. The van der Waals surface area contributed by atoms with Gasteiger partial charge in [0.2, 0.25) is 5.89 Å². The zero-order valence-corrected chi connectivity index (χ0v) is 9.75. The third-order valence-corrected chi connectivity index (χ3v) is 2.16. The summed E-state index contributed by atoms with van der Waals surface area (Å²) in [6, 6.07) is 9.16. The van der Waals surface area contributed by atoms with Crippen LogP contribution in [0.1, 0.15) is 13.8 Å². The molecule has 0 aliphatic rings. The van der Waals surface area contributed by atoms with Crippen LogP contribution in [-0.4, -0.2) is 20.5 Å². The predicted octanol–water partition coefficient (Wildman–Crippen LogP) is 1.27. The van der Waals surface area contributed by atoms with E-state index in [9.17, 15) is 9.90 Å². The van der Waals surface area contributed by atoms with Gasteiger partial charge in [-0.2, -0.15) is 4.68 Å². The van der Waals surface area contributed by atoms with Crippen molar-refractivity contribution in [1.82, 2.24) is 9.78 Å². The van der Waals surface area contributed by atoms with Crippen molar-refractivity contribution in [2.75, 3.05) is 0 Å². The second-order valence-corrected chi connectivity index (χ2v) is 4.51. The van der Waals surface area contributed by atoms with Gasteiger partial charge in [0.1, 0.15) is 0 Å². The second kappa shape index (κ2) is 4.18. The van der Waals surface area contributed by atoms with Crippen molar-refractivity contribution >= 4 is 0 Å². The molecule has 5 heteroatoms. The Morgan fingerprint density at radius 3 is 2.59 bits per heavy atom. The van der Waals surface area contributed by atoms with E-state index in [-0.39, 0.29) is 12.4 Å². The van der Waals surface area contributed by atoms with E-state index in [1.165, 1.54) is 0 Å². The lowest BCUT2D eigenvalue weighted by Crippen LogP contribution is -2.31. The van der Waals surface area contributed by atoms with Crippen molar-refractivity contribution in [3.63, 3.8) is 0 Å². The van der Waals surface area contributed by atoms with Gasteiger partial charge in [0.05, 0.1) is 12.1 Å². The number of aromatic nitrogens is 2. The molecule has 1 heterocycles. The Bertz CT molecular complexity index is 549. The fourth-order valence-electron chi connectivity index (χ4n) is 1.47. The number of aliphatic hydroxyl groups is 1. The van der Waals surface area contributed by atoms with Gasteiger partial charge >= 0.3 is 5.76 Å². The Kier molecular flexibility index (Phi) is 2.85. The first kappa shape index (κ1) is 11.6. The number of benzene rings is 1. The third-order valence-electron chi connectivity index (χ3n) is 2.16. The van der Waals surface area contributed by atoms with Gasteiger partial charge in [0.25, 0.3) is 0 Å². The van der Waals surface area contributed by atoms with Gasteiger partial charge in [-0.05, 0) is 26.0 Å². The Labute approximate surface area is 98.3 Å². The Balaban J connectivity index is 2.35. The topological polar surface area (TPSA) is 68.3 Å². The molecule has 2 rings (SSSR count). The first-order chi connectivity index (χ1) is 7.96. The lowest BCUT2D eigenvalue weighted by atomic mass is 10.1. The molecule has 1 aromatic carbocycles. The molecule has 0 saturated carbocycles. The summed E-state index contributed by atoms with van der Waals surface area (Å²) in [5.41, 5.74) is -0.270. The van der Waals surface area contributed by atoms with Crippen LogP contribution in [-0.2, 0) is 6.54 Å². The molecule has 0 atom stereocenters. The van der Waals surface area contributed by atoms with Crippen molar-refractivity contribution in [2.24, 2.45) is 0 Å². The maximum Gasteiger partial charge on any atom is 0.437 e. The highest BCUT2D eigenvalue weighted by Crippen LogP contribution is 2.14. The molecule has 0 fully saturated rings. The Morgan fingerprint density at radius 1 is 1.35 bits per heavy atom. The van der Waals surface area contributed by atoms with Crippen LogP contribution in [0.2, 0.25) is 0 Å². The average Bonchev–Trinajstić information content (AvgIpc) is 2.59. The lowest BCUT2D eigenvalue weighted by Gasteiger charge is -2.14. The van der Waals surface area contributed by atoms with E-state index >= 15 is 0 Å². The number of hydrogen-bond donors (Lipinski definition) is 1. The normalized spacial score (nSPS) is 11.7. The van der Waals surface area contributed by atoms with Gasteiger partial charge in [-0.15, -0.1) is 5.10 Å². The molecule has 2 aromatic rings. The van der Waals surface area contributed by atoms with Gasteiger partial charge in [-0.3, -0.25) is 0 Å². The summed E-state index contributed by atoms with van der Waals surface area (Å²) in [5, 5.41) is 13.7. The van der Waals surface area contributed by atoms with Crippen LogP contribution in [0.3, 0.4) is 0 Å². The Morgan fingerprint density at radius 2 is 2.00 bits per heavy atom. The summed E-state index contributed by atoms with van der Waals surface area (Å²) in [4.78, 5) is 11.5. The van der Waals surface area contributed by atoms with E-state index in [2.05, 4.69) is 5.10 Å². The molecule has 17 heavy (non-hydrogen) atoms. The van der Waals surface area contributed by atoms with Crippen LogP contribution >= 0.6 is 0 Å². The molecule has 1 N–H and O–H groups in total. The highest BCUT2D eigenvalue weighted by Gasteiger charge is 2.18. The predicted molar refractivity (Wildman–Crippen MR) is 62.5 cm³/mol. The van der Waals surface area contributed by atoms with Crippen molar-refractivity contribution in [2.45, 2.75) is 26.0 Å². The lowest BCUT2D eigenvalue weighted by molar-refractivity contribution is 0.0556. The van der Waals surface area contributed by atoms with Crippen molar-refractivity contribution < 1.29 is 9.52 Å². The van der Waals surface area contributed by atoms with Crippen molar-refractivity contribution in [3.8, 4) is 11.5 Å². The molecule has 0 radical (unpaired) electrons. The van der Waals surface area contributed by atoms with Crippen molar-refractivity contribution in [1.29, 1.82) is 0 Å². The standard InChI is InChI=1S/C12H14N2O3/c1-12(2,16)8-14-11(15)17-10(13-14)9-6-4-3-5-7-9/h3-7,16H,8H2,1-2H3. The van der Waals surface area contributed by atoms with Gasteiger partial charge in [0.15, 0.2) is 0 Å². The molecular formula is C12H14N2O3. The van der Waals surface area contributed by atoms with Gasteiger partial charge in [-0.25, -0.2) is 4.79 Å². The fourth-order valence-corrected chi connectivity index (χ4v) is 1.47. The van der Waals surface area contributed by atoms with Gasteiger partial charge < -0.3 is 9.52 Å². The molecular weight excluding hydrogens is 220 g/mol. The highest BCUT2D eigenvalue weighted by molar-refractivity contribution is 5.51. The molecule has 0 unspecified atom stereocenters. The zero-order valence-electron chi connectivity index (χ0n) is 9.75. The molecule has 5 nitrogen and oxygen atoms in total. The van der Waals surface area contributed by atoms with E-state index in [0.29, 0.717) is 0 Å². The van der Waals surface area contributed by atoms with E-state index in [1.807, 2.05) is 18.2 Å². The number of nitrogens with zero attached hydrogens (tertiary/aromatic N) is 2. The summed E-state index contributed by atoms with van der Waals surface area (Å²) in [6.07, 6.45) is 0. The molecule has 0 aliphatic heterocycles. The second-order valence-electron chi connectivity index (χ2n) is 4.51. The zero-order chi connectivity index (χ0) is 12.5. The maximum absolute atomic E-state index is 11.5. The van der Waals surface area contributed by atoms with Crippen LogP contribution in [0.15, 0.2) is 39.5 Å². The third kappa shape index (κ3) is 2.82. The fraction of sp³-hybridized carbons (Fsp3) is 0.333. The Hall–Kier alpha value is -1.88. The van der Waals surface area contributed by atoms with Crippen molar-refractivity contribution in [3.05, 3.63) is 40.9 Å². The molecule has 0 aliphatic carbocycles. The van der Waals surface area contributed by atoms with Gasteiger partial charge in [-0.1, -0.05) is 18.2 Å². The minimum Gasteiger partial charge on any atom is -0.389 e. The first-order valence-corrected chi connectivity index (χ1v) is 5.31. The number of rotatable bonds is 3. The molecule has 1 aromatic heterocycles. The summed E-state index contributed by atoms with van der Waals surface area (Å²) in [7, 11) is 0. The summed E-state index contributed by atoms with van der Waals surface area (Å²) in [6.45, 7) is 3.31. The van der Waals surface area contributed by atoms with Crippen LogP contribution in [0.25, 0.3) is 11.5 Å². The summed E-state index contributed by atoms with van der Waals surface area (Å²) >= 11 is 0. The smallest absolute Gasteiger partial charge is 0.389 e. The monoisotopic (exact) mass is 234 g/mol. The average molecular weight is 234 g/mol. The van der Waals surface area contributed by atoms with E-state index in [1.54, 1.807) is 26.0 Å². The van der Waals surface area contributed by atoms with Crippen LogP contribution in [0, 0.1) is 0 Å². The van der Waals surface area contributed by atoms with Crippen LogP contribution < -0.4 is 5.76 Å². The minimum absolute atomic E-state index is 0.0994. The molecule has 90 valence electrons. The SMILES string of the molecule is CC(C)(O)Cn1nc(-c2ccccc2)oc1=O. The van der Waals surface area contributed by atoms with E-state index in [4.69, 9.17) is 4.42 Å². The largest absolute Gasteiger partial charge is 0.437 e. The van der Waals surface area contributed by atoms with E-state index < -0.39 is 11.4 Å². The molecule has 0 saturated heterocycles. The summed E-state index contributed by atoms with van der Waals surface area (Å²) < 4.78 is 6.16. The van der Waals surface area contributed by atoms with E-state index in [0.717, 1.165) is 10.2 Å². The number of hydrogen-bond acceptors (Lipinski definition) is 4. The maximum atomic E-state index is 11.5. The van der Waals surface area contributed by atoms with Crippen LogP contribution in [0.4, 0.5) is 0 Å². The molecule has 0 amide bonds. The minimum atomic E-state index is -1.01. The van der Waals surface area contributed by atoms with Crippen LogP contribution in [0.5, 0.6) is 0 Å². The summed E-state index contributed by atoms with van der Waals surface area (Å²) in [5.74, 6) is -0.300. The molecule has 0 spiro atoms. The highest BCUT2D eigenvalue weighted by atomic mass is 16.4. The quantitative estimate of drug-likeness (QED) is 0.868. The first-order valence-electron chi connectivity index (χ1n) is 5.31.